The van der Waals surface area contributed by atoms with Crippen molar-refractivity contribution in [2.24, 2.45) is 5.92 Å². The first-order valence-electron chi connectivity index (χ1n) is 10.3. The molecule has 1 aromatic carbocycles. The molecule has 6 nitrogen and oxygen atoms in total. The van der Waals surface area contributed by atoms with Crippen LogP contribution < -0.4 is 9.47 Å². The molecule has 0 unspecified atom stereocenters. The van der Waals surface area contributed by atoms with Gasteiger partial charge in [0.2, 0.25) is 0 Å². The summed E-state index contributed by atoms with van der Waals surface area (Å²) in [6.07, 6.45) is 5.54. The zero-order valence-corrected chi connectivity index (χ0v) is 17.7. The van der Waals surface area contributed by atoms with Crippen LogP contribution in [0.2, 0.25) is 0 Å². The molecule has 0 aromatic heterocycles. The number of carboxylic acid groups (broad SMARTS) is 1. The highest BCUT2D eigenvalue weighted by atomic mass is 16.5. The predicted octanol–water partition coefficient (Wildman–Crippen LogP) is 4.92. The van der Waals surface area contributed by atoms with E-state index in [-0.39, 0.29) is 29.6 Å². The summed E-state index contributed by atoms with van der Waals surface area (Å²) in [5, 5.41) is 20.7. The van der Waals surface area contributed by atoms with Crippen LogP contribution in [0.3, 0.4) is 0 Å². The van der Waals surface area contributed by atoms with E-state index in [1.165, 1.54) is 0 Å². The van der Waals surface area contributed by atoms with Gasteiger partial charge in [0.1, 0.15) is 34.5 Å². The first-order chi connectivity index (χ1) is 13.6. The molecule has 0 saturated heterocycles. The van der Waals surface area contributed by atoms with E-state index in [9.17, 15) is 19.8 Å². The highest BCUT2D eigenvalue weighted by Gasteiger charge is 2.41. The molecule has 6 heteroatoms. The summed E-state index contributed by atoms with van der Waals surface area (Å²) in [7, 11) is 0. The molecule has 2 N–H and O–H groups in total. The van der Waals surface area contributed by atoms with Gasteiger partial charge in [0, 0.05) is 11.5 Å². The summed E-state index contributed by atoms with van der Waals surface area (Å²) in [6, 6.07) is 0. The summed E-state index contributed by atoms with van der Waals surface area (Å²) < 4.78 is 12.2. The number of ketones is 1. The first kappa shape index (κ1) is 21.2. The van der Waals surface area contributed by atoms with Crippen LogP contribution >= 0.6 is 0 Å². The van der Waals surface area contributed by atoms with Gasteiger partial charge in [-0.2, -0.15) is 0 Å². The van der Waals surface area contributed by atoms with Crippen molar-refractivity contribution in [3.05, 3.63) is 22.8 Å². The van der Waals surface area contributed by atoms with E-state index in [1.54, 1.807) is 6.92 Å². The largest absolute Gasteiger partial charge is 0.507 e. The highest BCUT2D eigenvalue weighted by Crippen LogP contribution is 2.53. The van der Waals surface area contributed by atoms with E-state index in [0.29, 0.717) is 29.0 Å². The number of phenols is 1. The SMILES string of the molecule is CCCC[C@H](CC(=O)O)c1c(O)c2c(c3c1OC(C)(C)C=C3)O[C@H](C)[C@@H](C)C2=O. The number of hydrogen-bond donors (Lipinski definition) is 2. The lowest BCUT2D eigenvalue weighted by atomic mass is 9.81. The van der Waals surface area contributed by atoms with Crippen LogP contribution in [0.5, 0.6) is 17.2 Å². The Morgan fingerprint density at radius 2 is 1.97 bits per heavy atom. The van der Waals surface area contributed by atoms with E-state index < -0.39 is 23.4 Å². The number of Topliss-reactive ketones (excluding diaryl/α,β-unsaturated/α-hetero) is 1. The minimum absolute atomic E-state index is 0.143. The second kappa shape index (κ2) is 7.73. The smallest absolute Gasteiger partial charge is 0.303 e. The fourth-order valence-corrected chi connectivity index (χ4v) is 4.04. The number of aliphatic carboxylic acids is 1. The van der Waals surface area contributed by atoms with Gasteiger partial charge in [-0.1, -0.05) is 26.7 Å². The number of carbonyl (C=O) groups is 2. The molecule has 0 amide bonds. The molecule has 1 aromatic rings. The number of aromatic hydroxyl groups is 1. The van der Waals surface area contributed by atoms with Gasteiger partial charge in [-0.15, -0.1) is 0 Å². The summed E-state index contributed by atoms with van der Waals surface area (Å²) in [6.45, 7) is 9.41. The third kappa shape index (κ3) is 3.85. The maximum absolute atomic E-state index is 13.1. The Morgan fingerprint density at radius 3 is 2.59 bits per heavy atom. The Morgan fingerprint density at radius 1 is 1.28 bits per heavy atom. The van der Waals surface area contributed by atoms with E-state index in [2.05, 4.69) is 0 Å². The van der Waals surface area contributed by atoms with E-state index in [4.69, 9.17) is 9.47 Å². The molecule has 158 valence electrons. The Bertz CT molecular complexity index is 867. The van der Waals surface area contributed by atoms with Crippen LogP contribution in [0.4, 0.5) is 0 Å². The van der Waals surface area contributed by atoms with Crippen molar-refractivity contribution >= 4 is 17.8 Å². The van der Waals surface area contributed by atoms with Gasteiger partial charge >= 0.3 is 5.97 Å². The predicted molar refractivity (Wildman–Crippen MR) is 110 cm³/mol. The van der Waals surface area contributed by atoms with Gasteiger partial charge in [0.25, 0.3) is 0 Å². The number of ether oxygens (including phenoxy) is 2. The molecular formula is C23H30O6. The van der Waals surface area contributed by atoms with E-state index in [1.807, 2.05) is 39.8 Å². The van der Waals surface area contributed by atoms with Crippen molar-refractivity contribution < 1.29 is 29.3 Å². The molecule has 29 heavy (non-hydrogen) atoms. The van der Waals surface area contributed by atoms with Crippen LogP contribution in [-0.2, 0) is 4.79 Å². The minimum Gasteiger partial charge on any atom is -0.507 e. The standard InChI is InChI=1S/C23H30O6/c1-6-7-8-14(11-16(24)25)17-20(27)18-19(26)12(2)13(3)28-21(18)15-9-10-23(4,5)29-22(15)17/h9-10,12-14,27H,6-8,11H2,1-5H3,(H,24,25)/t12-,13-,14-/m1/s1. The number of phenolic OH excluding ortho intramolecular Hbond substituents is 1. The topological polar surface area (TPSA) is 93.1 Å². The third-order valence-electron chi connectivity index (χ3n) is 5.87. The van der Waals surface area contributed by atoms with Crippen LogP contribution in [0.15, 0.2) is 6.08 Å². The zero-order chi connectivity index (χ0) is 21.5. The molecule has 0 spiro atoms. The number of fused-ring (bicyclic) bond motifs is 3. The second-order valence-corrected chi connectivity index (χ2v) is 8.66. The van der Waals surface area contributed by atoms with Gasteiger partial charge in [0.05, 0.1) is 17.9 Å². The molecule has 0 fully saturated rings. The molecule has 2 aliphatic heterocycles. The second-order valence-electron chi connectivity index (χ2n) is 8.66. The van der Waals surface area contributed by atoms with Gasteiger partial charge in [-0.05, 0) is 39.3 Å². The normalized spacial score (nSPS) is 22.9. The fourth-order valence-electron chi connectivity index (χ4n) is 4.04. The Hall–Kier alpha value is -2.50. The van der Waals surface area contributed by atoms with Gasteiger partial charge in [0.15, 0.2) is 5.78 Å². The van der Waals surface area contributed by atoms with Crippen molar-refractivity contribution in [2.45, 2.75) is 77.9 Å². The molecule has 0 aliphatic carbocycles. The number of rotatable bonds is 6. The molecule has 0 saturated carbocycles. The molecule has 3 atom stereocenters. The Balaban J connectivity index is 2.29. The minimum atomic E-state index is -0.952. The highest BCUT2D eigenvalue weighted by molar-refractivity contribution is 6.06. The van der Waals surface area contributed by atoms with Gasteiger partial charge in [-0.3, -0.25) is 9.59 Å². The van der Waals surface area contributed by atoms with Crippen LogP contribution in [0.25, 0.3) is 6.08 Å². The van der Waals surface area contributed by atoms with Crippen molar-refractivity contribution in [2.75, 3.05) is 0 Å². The molecule has 3 rings (SSSR count). The number of carbonyl (C=O) groups excluding carboxylic acids is 1. The lowest BCUT2D eigenvalue weighted by molar-refractivity contribution is -0.137. The number of unbranched alkanes of at least 4 members (excludes halogenated alkanes) is 1. The summed E-state index contributed by atoms with van der Waals surface area (Å²) in [4.78, 5) is 24.6. The van der Waals surface area contributed by atoms with Crippen molar-refractivity contribution in [1.29, 1.82) is 0 Å². The van der Waals surface area contributed by atoms with E-state index in [0.717, 1.165) is 12.8 Å². The van der Waals surface area contributed by atoms with Crippen molar-refractivity contribution in [3.63, 3.8) is 0 Å². The number of benzene rings is 1. The van der Waals surface area contributed by atoms with E-state index >= 15 is 0 Å². The Labute approximate surface area is 171 Å². The average Bonchev–Trinajstić information content (AvgIpc) is 2.62. The van der Waals surface area contributed by atoms with Crippen molar-refractivity contribution in [3.8, 4) is 17.2 Å². The van der Waals surface area contributed by atoms with Crippen LogP contribution in [0.1, 0.15) is 87.7 Å². The molecule has 0 radical (unpaired) electrons. The first-order valence-corrected chi connectivity index (χ1v) is 10.3. The summed E-state index contributed by atoms with van der Waals surface area (Å²) in [5.74, 6) is -1.46. The molecule has 2 aliphatic rings. The quantitative estimate of drug-likeness (QED) is 0.701. The van der Waals surface area contributed by atoms with Crippen molar-refractivity contribution in [1.82, 2.24) is 0 Å². The fraction of sp³-hybridized carbons (Fsp3) is 0.565. The van der Waals surface area contributed by atoms with Crippen LogP contribution in [-0.4, -0.2) is 33.7 Å². The van der Waals surface area contributed by atoms with Gasteiger partial charge < -0.3 is 19.7 Å². The van der Waals surface area contributed by atoms with Gasteiger partial charge in [-0.25, -0.2) is 0 Å². The maximum Gasteiger partial charge on any atom is 0.303 e. The zero-order valence-electron chi connectivity index (χ0n) is 17.7. The molecule has 2 heterocycles. The third-order valence-corrected chi connectivity index (χ3v) is 5.87. The number of carboxylic acids is 1. The molecule has 0 bridgehead atoms. The summed E-state index contributed by atoms with van der Waals surface area (Å²) in [5.41, 5.74) is 0.527. The lowest BCUT2D eigenvalue weighted by Gasteiger charge is -2.36. The van der Waals surface area contributed by atoms with Crippen LogP contribution in [0, 0.1) is 5.92 Å². The maximum atomic E-state index is 13.1. The monoisotopic (exact) mass is 402 g/mol. The molecular weight excluding hydrogens is 372 g/mol. The average molecular weight is 402 g/mol. The lowest BCUT2D eigenvalue weighted by Crippen LogP contribution is -2.35. The number of hydrogen-bond acceptors (Lipinski definition) is 5. The Kier molecular flexibility index (Phi) is 5.65. The summed E-state index contributed by atoms with van der Waals surface area (Å²) >= 11 is 0.